The first-order valence-corrected chi connectivity index (χ1v) is 9.82. The molecule has 2 saturated heterocycles. The van der Waals surface area contributed by atoms with Gasteiger partial charge in [0.2, 0.25) is 0 Å². The third-order valence-corrected chi connectivity index (χ3v) is 6.04. The van der Waals surface area contributed by atoms with Gasteiger partial charge in [0.1, 0.15) is 5.82 Å². The summed E-state index contributed by atoms with van der Waals surface area (Å²) >= 11 is 0. The van der Waals surface area contributed by atoms with Crippen molar-refractivity contribution in [3.05, 3.63) is 54.1 Å². The number of benzene rings is 1. The number of nitrogens with one attached hydrogen (secondary N) is 1. The maximum atomic E-state index is 14.8. The number of carbonyl (C=O) groups is 1. The summed E-state index contributed by atoms with van der Waals surface area (Å²) in [4.78, 5) is 19.1. The molecule has 142 valence electrons. The zero-order valence-electron chi connectivity index (χ0n) is 15.7. The van der Waals surface area contributed by atoms with Crippen LogP contribution in [0.15, 0.2) is 42.7 Å². The van der Waals surface area contributed by atoms with E-state index < -0.39 is 5.82 Å². The van der Waals surface area contributed by atoms with Gasteiger partial charge < -0.3 is 10.2 Å². The van der Waals surface area contributed by atoms with Gasteiger partial charge in [0.05, 0.1) is 5.56 Å². The number of carbonyl (C=O) groups excluding carboxylic acids is 1. The first-order chi connectivity index (χ1) is 13.1. The molecule has 0 spiro atoms. The van der Waals surface area contributed by atoms with Crippen LogP contribution in [0.2, 0.25) is 0 Å². The second-order valence-electron chi connectivity index (χ2n) is 7.99. The summed E-state index contributed by atoms with van der Waals surface area (Å²) in [5.74, 6) is -0.655. The number of nitrogens with zero attached hydrogens (tertiary/aromatic N) is 2. The molecule has 4 nitrogen and oxygen atoms in total. The molecule has 1 aromatic heterocycles. The summed E-state index contributed by atoms with van der Waals surface area (Å²) in [6.45, 7) is 3.91. The fraction of sp³-hybridized carbons (Fsp3) is 0.455. The van der Waals surface area contributed by atoms with Gasteiger partial charge in [-0.15, -0.1) is 0 Å². The van der Waals surface area contributed by atoms with Crippen LogP contribution in [-0.2, 0) is 0 Å². The number of likely N-dealkylation sites (tertiary alicyclic amines) is 1. The maximum absolute atomic E-state index is 14.8. The molecule has 0 radical (unpaired) electrons. The highest BCUT2D eigenvalue weighted by Gasteiger charge is 2.42. The molecule has 0 unspecified atom stereocenters. The summed E-state index contributed by atoms with van der Waals surface area (Å²) in [6, 6.07) is 9.03. The van der Waals surface area contributed by atoms with Crippen molar-refractivity contribution in [2.24, 2.45) is 0 Å². The summed E-state index contributed by atoms with van der Waals surface area (Å²) in [6.07, 6.45) is 8.63. The molecule has 27 heavy (non-hydrogen) atoms. The van der Waals surface area contributed by atoms with Crippen LogP contribution in [0.25, 0.3) is 11.1 Å². The number of halogens is 1. The number of amides is 1. The average molecular weight is 367 g/mol. The van der Waals surface area contributed by atoms with Crippen LogP contribution in [0.1, 0.15) is 49.4 Å². The molecule has 2 atom stereocenters. The molecule has 1 aromatic carbocycles. The van der Waals surface area contributed by atoms with Crippen molar-refractivity contribution in [1.29, 1.82) is 0 Å². The Hall–Kier alpha value is -2.27. The Morgan fingerprint density at radius 1 is 1.33 bits per heavy atom. The number of rotatable bonds is 4. The standard InChI is InChI=1S/C22H26FN3O/c1-22(14-18-6-3-11-25-18)9-4-12-26(22)21(27)19-8-7-16(13-20(19)23)17-5-2-10-24-15-17/h2,5,7-8,10,13,15,18,25H,3-4,6,9,11-12,14H2,1H3/t18-,22+/m0/s1. The first kappa shape index (κ1) is 18.1. The van der Waals surface area contributed by atoms with Crippen LogP contribution in [-0.4, -0.2) is 40.5 Å². The van der Waals surface area contributed by atoms with Gasteiger partial charge in [-0.05, 0) is 69.3 Å². The molecule has 1 N–H and O–H groups in total. The topological polar surface area (TPSA) is 45.2 Å². The van der Waals surface area contributed by atoms with Crippen molar-refractivity contribution in [1.82, 2.24) is 15.2 Å². The monoisotopic (exact) mass is 367 g/mol. The Morgan fingerprint density at radius 2 is 2.22 bits per heavy atom. The van der Waals surface area contributed by atoms with Crippen LogP contribution >= 0.6 is 0 Å². The molecular formula is C22H26FN3O. The van der Waals surface area contributed by atoms with E-state index in [0.29, 0.717) is 12.6 Å². The van der Waals surface area contributed by atoms with E-state index in [-0.39, 0.29) is 17.0 Å². The van der Waals surface area contributed by atoms with Gasteiger partial charge in [0, 0.05) is 36.1 Å². The first-order valence-electron chi connectivity index (χ1n) is 9.82. The van der Waals surface area contributed by atoms with Gasteiger partial charge in [0.25, 0.3) is 5.91 Å². The largest absolute Gasteiger partial charge is 0.333 e. The van der Waals surface area contributed by atoms with E-state index >= 15 is 0 Å². The second kappa shape index (κ2) is 7.39. The molecule has 2 fully saturated rings. The minimum Gasteiger partial charge on any atom is -0.333 e. The maximum Gasteiger partial charge on any atom is 0.257 e. The highest BCUT2D eigenvalue weighted by molar-refractivity contribution is 5.95. The summed E-state index contributed by atoms with van der Waals surface area (Å²) in [7, 11) is 0. The Balaban J connectivity index is 1.56. The molecule has 1 amide bonds. The SMILES string of the molecule is C[C@]1(C[C@@H]2CCCN2)CCCN1C(=O)c1ccc(-c2cccnc2)cc1F. The van der Waals surface area contributed by atoms with E-state index in [1.165, 1.54) is 12.5 Å². The van der Waals surface area contributed by atoms with Crippen molar-refractivity contribution < 1.29 is 9.18 Å². The lowest BCUT2D eigenvalue weighted by Gasteiger charge is -2.37. The van der Waals surface area contributed by atoms with E-state index in [1.807, 2.05) is 17.0 Å². The van der Waals surface area contributed by atoms with Gasteiger partial charge >= 0.3 is 0 Å². The Morgan fingerprint density at radius 3 is 2.93 bits per heavy atom. The van der Waals surface area contributed by atoms with E-state index in [1.54, 1.807) is 24.5 Å². The van der Waals surface area contributed by atoms with Crippen molar-refractivity contribution in [2.45, 2.75) is 50.6 Å². The van der Waals surface area contributed by atoms with Crippen molar-refractivity contribution in [2.75, 3.05) is 13.1 Å². The normalized spacial score (nSPS) is 25.1. The van der Waals surface area contributed by atoms with Gasteiger partial charge in [-0.25, -0.2) is 4.39 Å². The summed E-state index contributed by atoms with van der Waals surface area (Å²) in [5.41, 5.74) is 1.54. The molecule has 2 aliphatic rings. The van der Waals surface area contributed by atoms with Crippen LogP contribution in [0.4, 0.5) is 4.39 Å². The number of aromatic nitrogens is 1. The third kappa shape index (κ3) is 3.61. The quantitative estimate of drug-likeness (QED) is 0.888. The predicted octanol–water partition coefficient (Wildman–Crippen LogP) is 4.02. The van der Waals surface area contributed by atoms with Crippen molar-refractivity contribution in [3.63, 3.8) is 0 Å². The smallest absolute Gasteiger partial charge is 0.257 e. The minimum absolute atomic E-state index is 0.162. The molecule has 4 rings (SSSR count). The Bertz CT molecular complexity index is 820. The van der Waals surface area contributed by atoms with Gasteiger partial charge in [-0.2, -0.15) is 0 Å². The van der Waals surface area contributed by atoms with Crippen LogP contribution in [0.5, 0.6) is 0 Å². The van der Waals surface area contributed by atoms with Crippen LogP contribution in [0.3, 0.4) is 0 Å². The lowest BCUT2D eigenvalue weighted by molar-refractivity contribution is 0.0588. The molecule has 0 aliphatic carbocycles. The second-order valence-corrected chi connectivity index (χ2v) is 7.99. The van der Waals surface area contributed by atoms with Crippen molar-refractivity contribution in [3.8, 4) is 11.1 Å². The van der Waals surface area contributed by atoms with Gasteiger partial charge in [0.15, 0.2) is 0 Å². The number of hydrogen-bond acceptors (Lipinski definition) is 3. The zero-order valence-corrected chi connectivity index (χ0v) is 15.7. The zero-order chi connectivity index (χ0) is 18.9. The highest BCUT2D eigenvalue weighted by Crippen LogP contribution is 2.36. The molecule has 0 bridgehead atoms. The van der Waals surface area contributed by atoms with Crippen molar-refractivity contribution >= 4 is 5.91 Å². The van der Waals surface area contributed by atoms with E-state index in [0.717, 1.165) is 43.4 Å². The lowest BCUT2D eigenvalue weighted by atomic mass is 9.89. The number of hydrogen-bond donors (Lipinski definition) is 1. The van der Waals surface area contributed by atoms with Gasteiger partial charge in [-0.1, -0.05) is 12.1 Å². The van der Waals surface area contributed by atoms with Gasteiger partial charge in [-0.3, -0.25) is 9.78 Å². The fourth-order valence-corrected chi connectivity index (χ4v) is 4.59. The van der Waals surface area contributed by atoms with Crippen LogP contribution in [0, 0.1) is 5.82 Å². The number of pyridine rings is 1. The summed E-state index contributed by atoms with van der Waals surface area (Å²) < 4.78 is 14.8. The third-order valence-electron chi connectivity index (χ3n) is 6.04. The highest BCUT2D eigenvalue weighted by atomic mass is 19.1. The van der Waals surface area contributed by atoms with E-state index in [4.69, 9.17) is 0 Å². The molecule has 0 saturated carbocycles. The molecule has 5 heteroatoms. The van der Waals surface area contributed by atoms with Crippen LogP contribution < -0.4 is 5.32 Å². The predicted molar refractivity (Wildman–Crippen MR) is 104 cm³/mol. The van der Waals surface area contributed by atoms with E-state index in [2.05, 4.69) is 17.2 Å². The molecule has 3 heterocycles. The summed E-state index contributed by atoms with van der Waals surface area (Å²) in [5, 5.41) is 3.53. The molecular weight excluding hydrogens is 341 g/mol. The van der Waals surface area contributed by atoms with E-state index in [9.17, 15) is 9.18 Å². The average Bonchev–Trinajstić information content (AvgIpc) is 3.31. The Kier molecular flexibility index (Phi) is 4.96. The molecule has 2 aliphatic heterocycles. The Labute approximate surface area is 159 Å². The lowest BCUT2D eigenvalue weighted by Crippen LogP contribution is -2.48. The fourth-order valence-electron chi connectivity index (χ4n) is 4.59. The minimum atomic E-state index is -0.463. The molecule has 2 aromatic rings.